The number of carbonyl (C=O) groups excluding carboxylic acids is 1. The third-order valence-electron chi connectivity index (χ3n) is 8.43. The molecule has 0 spiro atoms. The molecule has 2 saturated heterocycles. The average molecular weight is 508 g/mol. The highest BCUT2D eigenvalue weighted by Crippen LogP contribution is 2.56. The van der Waals surface area contributed by atoms with Crippen LogP contribution in [-0.4, -0.2) is 53.3 Å². The SMILES string of the molecule is CCOc1cccc2c1O[C@@](C)(CCC(=O)O)[C@@H]1C[C@@H]3CN(C(=O)Cc4ccccc4C)CC[C@H]3O[C@@H]21. The lowest BCUT2D eigenvalue weighted by Crippen LogP contribution is -2.57. The van der Waals surface area contributed by atoms with Gasteiger partial charge in [-0.15, -0.1) is 0 Å². The zero-order chi connectivity index (χ0) is 26.2. The van der Waals surface area contributed by atoms with E-state index in [0.717, 1.165) is 29.5 Å². The van der Waals surface area contributed by atoms with E-state index in [1.165, 1.54) is 0 Å². The summed E-state index contributed by atoms with van der Waals surface area (Å²) in [6.45, 7) is 7.83. The normalized spacial score (nSPS) is 28.4. The van der Waals surface area contributed by atoms with Crippen LogP contribution in [0.1, 0.15) is 62.3 Å². The summed E-state index contributed by atoms with van der Waals surface area (Å²) in [4.78, 5) is 26.7. The van der Waals surface area contributed by atoms with Crippen LogP contribution in [0.4, 0.5) is 0 Å². The first kappa shape index (κ1) is 25.6. The number of amides is 1. The Morgan fingerprint density at radius 3 is 2.76 bits per heavy atom. The van der Waals surface area contributed by atoms with Crippen molar-refractivity contribution in [2.45, 2.75) is 70.7 Å². The Kier molecular flexibility index (Phi) is 7.17. The molecule has 0 bridgehead atoms. The molecule has 7 nitrogen and oxygen atoms in total. The zero-order valence-corrected chi connectivity index (χ0v) is 21.9. The number of piperidine rings is 1. The third-order valence-corrected chi connectivity index (χ3v) is 8.43. The number of hydrogen-bond acceptors (Lipinski definition) is 5. The van der Waals surface area contributed by atoms with Crippen molar-refractivity contribution in [2.75, 3.05) is 19.7 Å². The largest absolute Gasteiger partial charge is 0.490 e. The van der Waals surface area contributed by atoms with E-state index in [9.17, 15) is 14.7 Å². The quantitative estimate of drug-likeness (QED) is 0.571. The molecule has 3 heterocycles. The molecular formula is C30H37NO6. The summed E-state index contributed by atoms with van der Waals surface area (Å²) in [5.74, 6) is 0.801. The number of aryl methyl sites for hydroxylation is 1. The molecule has 7 heteroatoms. The second-order valence-electron chi connectivity index (χ2n) is 10.8. The highest BCUT2D eigenvalue weighted by molar-refractivity contribution is 5.79. The van der Waals surface area contributed by atoms with Crippen molar-refractivity contribution in [3.05, 3.63) is 59.2 Å². The Morgan fingerprint density at radius 1 is 1.19 bits per heavy atom. The average Bonchev–Trinajstić information content (AvgIpc) is 2.88. The minimum atomic E-state index is -0.842. The van der Waals surface area contributed by atoms with E-state index in [1.54, 1.807) is 0 Å². The van der Waals surface area contributed by atoms with Crippen molar-refractivity contribution in [1.29, 1.82) is 0 Å². The fourth-order valence-electron chi connectivity index (χ4n) is 6.35. The number of rotatable bonds is 7. The first-order chi connectivity index (χ1) is 17.8. The minimum Gasteiger partial charge on any atom is -0.490 e. The van der Waals surface area contributed by atoms with Gasteiger partial charge in [0.25, 0.3) is 0 Å². The molecule has 0 aliphatic carbocycles. The molecule has 198 valence electrons. The van der Waals surface area contributed by atoms with E-state index in [2.05, 4.69) is 0 Å². The Balaban J connectivity index is 1.38. The van der Waals surface area contributed by atoms with Crippen LogP contribution in [0.25, 0.3) is 0 Å². The molecule has 1 N–H and O–H groups in total. The summed E-state index contributed by atoms with van der Waals surface area (Å²) in [6, 6.07) is 13.9. The second-order valence-corrected chi connectivity index (χ2v) is 10.8. The lowest BCUT2D eigenvalue weighted by atomic mass is 9.68. The van der Waals surface area contributed by atoms with Crippen molar-refractivity contribution in [3.63, 3.8) is 0 Å². The van der Waals surface area contributed by atoms with Crippen LogP contribution in [0.3, 0.4) is 0 Å². The molecule has 2 fully saturated rings. The molecule has 3 aliphatic heterocycles. The van der Waals surface area contributed by atoms with E-state index in [0.29, 0.717) is 44.0 Å². The van der Waals surface area contributed by atoms with Gasteiger partial charge in [0.2, 0.25) is 5.91 Å². The van der Waals surface area contributed by atoms with Crippen LogP contribution in [0.15, 0.2) is 42.5 Å². The maximum absolute atomic E-state index is 13.2. The second kappa shape index (κ2) is 10.4. The van der Waals surface area contributed by atoms with E-state index in [-0.39, 0.29) is 36.4 Å². The van der Waals surface area contributed by atoms with Gasteiger partial charge in [-0.2, -0.15) is 0 Å². The van der Waals surface area contributed by atoms with Crippen molar-refractivity contribution >= 4 is 11.9 Å². The minimum absolute atomic E-state index is 0.0149. The number of fused-ring (bicyclic) bond motifs is 4. The lowest BCUT2D eigenvalue weighted by Gasteiger charge is -2.54. The predicted octanol–water partition coefficient (Wildman–Crippen LogP) is 4.95. The van der Waals surface area contributed by atoms with E-state index in [1.807, 2.05) is 68.1 Å². The Bertz CT molecular complexity index is 1160. The molecule has 0 unspecified atom stereocenters. The highest BCUT2D eigenvalue weighted by atomic mass is 16.5. The van der Waals surface area contributed by atoms with Crippen molar-refractivity contribution in [1.82, 2.24) is 4.90 Å². The molecule has 0 radical (unpaired) electrons. The van der Waals surface area contributed by atoms with Gasteiger partial charge in [-0.1, -0.05) is 36.4 Å². The number of carboxylic acid groups (broad SMARTS) is 1. The van der Waals surface area contributed by atoms with Crippen molar-refractivity contribution in [3.8, 4) is 11.5 Å². The summed E-state index contributed by atoms with van der Waals surface area (Å²) in [5.41, 5.74) is 2.45. The number of carbonyl (C=O) groups is 2. The van der Waals surface area contributed by atoms with Gasteiger partial charge in [-0.3, -0.25) is 9.59 Å². The van der Waals surface area contributed by atoms with Gasteiger partial charge in [0.05, 0.1) is 25.2 Å². The van der Waals surface area contributed by atoms with Crippen LogP contribution in [-0.2, 0) is 20.7 Å². The molecule has 0 aromatic heterocycles. The fraction of sp³-hybridized carbons (Fsp3) is 0.533. The standard InChI is InChI=1S/C30H37NO6/c1-4-35-25-11-7-10-22-28-23(30(3,37-29(22)25)14-12-27(33)34)16-21-18-31(15-13-24(21)36-28)26(32)17-20-9-6-5-8-19(20)2/h5-11,21,23-24,28H,4,12-18H2,1-3H3,(H,33,34)/t21-,23-,24-,28+,30+/m1/s1. The summed E-state index contributed by atoms with van der Waals surface area (Å²) in [5, 5.41) is 9.46. The summed E-state index contributed by atoms with van der Waals surface area (Å²) in [6.07, 6.45) is 2.26. The third kappa shape index (κ3) is 5.06. The van der Waals surface area contributed by atoms with Gasteiger partial charge < -0.3 is 24.2 Å². The van der Waals surface area contributed by atoms with Crippen molar-refractivity contribution in [2.24, 2.45) is 11.8 Å². The van der Waals surface area contributed by atoms with Gasteiger partial charge in [0.1, 0.15) is 5.60 Å². The molecule has 2 aromatic rings. The molecular weight excluding hydrogens is 470 g/mol. The van der Waals surface area contributed by atoms with Crippen LogP contribution in [0.2, 0.25) is 0 Å². The Morgan fingerprint density at radius 2 is 2.00 bits per heavy atom. The van der Waals surface area contributed by atoms with Crippen LogP contribution in [0.5, 0.6) is 11.5 Å². The summed E-state index contributed by atoms with van der Waals surface area (Å²) < 4.78 is 19.3. The summed E-state index contributed by atoms with van der Waals surface area (Å²) in [7, 11) is 0. The summed E-state index contributed by atoms with van der Waals surface area (Å²) >= 11 is 0. The maximum Gasteiger partial charge on any atom is 0.303 e. The monoisotopic (exact) mass is 507 g/mol. The van der Waals surface area contributed by atoms with E-state index >= 15 is 0 Å². The van der Waals surface area contributed by atoms with Gasteiger partial charge >= 0.3 is 5.97 Å². The van der Waals surface area contributed by atoms with Crippen LogP contribution < -0.4 is 9.47 Å². The van der Waals surface area contributed by atoms with Crippen LogP contribution in [0, 0.1) is 18.8 Å². The first-order valence-corrected chi connectivity index (χ1v) is 13.4. The fourth-order valence-corrected chi connectivity index (χ4v) is 6.35. The number of likely N-dealkylation sites (tertiary alicyclic amines) is 1. The number of ether oxygens (including phenoxy) is 3. The van der Waals surface area contributed by atoms with Crippen LogP contribution >= 0.6 is 0 Å². The Hall–Kier alpha value is -3.06. The van der Waals surface area contributed by atoms with E-state index in [4.69, 9.17) is 14.2 Å². The van der Waals surface area contributed by atoms with Gasteiger partial charge in [-0.25, -0.2) is 0 Å². The molecule has 5 rings (SSSR count). The number of para-hydroxylation sites is 1. The Labute approximate surface area is 218 Å². The smallest absolute Gasteiger partial charge is 0.303 e. The van der Waals surface area contributed by atoms with Gasteiger partial charge in [0, 0.05) is 36.9 Å². The maximum atomic E-state index is 13.2. The highest BCUT2D eigenvalue weighted by Gasteiger charge is 2.54. The molecule has 2 aromatic carbocycles. The predicted molar refractivity (Wildman–Crippen MR) is 139 cm³/mol. The number of nitrogens with zero attached hydrogens (tertiary/aromatic N) is 1. The topological polar surface area (TPSA) is 85.3 Å². The van der Waals surface area contributed by atoms with Crippen molar-refractivity contribution < 1.29 is 28.9 Å². The molecule has 37 heavy (non-hydrogen) atoms. The molecule has 1 amide bonds. The number of carboxylic acids is 1. The van der Waals surface area contributed by atoms with Gasteiger partial charge in [-0.05, 0) is 57.2 Å². The molecule has 3 aliphatic rings. The first-order valence-electron chi connectivity index (χ1n) is 13.4. The van der Waals surface area contributed by atoms with E-state index < -0.39 is 11.6 Å². The zero-order valence-electron chi connectivity index (χ0n) is 21.9. The number of aliphatic carboxylic acids is 1. The molecule has 5 atom stereocenters. The van der Waals surface area contributed by atoms with Gasteiger partial charge in [0.15, 0.2) is 11.5 Å². The number of benzene rings is 2. The number of hydrogen-bond donors (Lipinski definition) is 1. The lowest BCUT2D eigenvalue weighted by molar-refractivity contribution is -0.194. The molecule has 0 saturated carbocycles.